The van der Waals surface area contributed by atoms with Crippen molar-refractivity contribution in [2.75, 3.05) is 0 Å². The predicted octanol–water partition coefficient (Wildman–Crippen LogP) is 3.72. The van der Waals surface area contributed by atoms with Gasteiger partial charge >= 0.3 is 0 Å². The molecule has 14 heavy (non-hydrogen) atoms. The van der Waals surface area contributed by atoms with Gasteiger partial charge in [0, 0.05) is 26.5 Å². The molecule has 2 aromatic rings. The van der Waals surface area contributed by atoms with Gasteiger partial charge in [-0.15, -0.1) is 0 Å². The lowest BCUT2D eigenvalue weighted by atomic mass is 10.1. The number of carbonyl (C=O) groups is 1. The molecule has 0 saturated heterocycles. The third-order valence-electron chi connectivity index (χ3n) is 2.42. The molecule has 0 aliphatic heterocycles. The molecule has 1 aliphatic carbocycles. The van der Waals surface area contributed by atoms with Gasteiger partial charge in [0.25, 0.3) is 0 Å². The zero-order valence-corrected chi connectivity index (χ0v) is 9.48. The fourth-order valence-corrected chi connectivity index (χ4v) is 2.95. The lowest BCUT2D eigenvalue weighted by molar-refractivity contribution is 0.104. The van der Waals surface area contributed by atoms with Crippen LogP contribution in [0.3, 0.4) is 0 Å². The van der Waals surface area contributed by atoms with Crippen molar-refractivity contribution in [3.63, 3.8) is 0 Å². The van der Waals surface area contributed by atoms with E-state index < -0.39 is 0 Å². The van der Waals surface area contributed by atoms with Gasteiger partial charge < -0.3 is 0 Å². The van der Waals surface area contributed by atoms with Gasteiger partial charge in [-0.25, -0.2) is 0 Å². The molecule has 0 bridgehead atoms. The summed E-state index contributed by atoms with van der Waals surface area (Å²) in [5.74, 6) is 0.156. The fraction of sp³-hybridized carbons (Fsp3) is 0. The van der Waals surface area contributed by atoms with Crippen molar-refractivity contribution in [1.82, 2.24) is 0 Å². The Kier molecular flexibility index (Phi) is 1.66. The summed E-state index contributed by atoms with van der Waals surface area (Å²) in [6.07, 6.45) is 0. The minimum Gasteiger partial charge on any atom is -0.289 e. The van der Waals surface area contributed by atoms with Gasteiger partial charge in [-0.1, -0.05) is 15.9 Å². The molecule has 3 rings (SSSR count). The third kappa shape index (κ3) is 0.967. The number of halogens is 1. The van der Waals surface area contributed by atoms with Gasteiger partial charge in [0.2, 0.25) is 0 Å². The molecule has 0 spiro atoms. The van der Waals surface area contributed by atoms with E-state index in [1.165, 1.54) is 0 Å². The molecule has 0 amide bonds. The van der Waals surface area contributed by atoms with Gasteiger partial charge in [-0.2, -0.15) is 11.3 Å². The standard InChI is InChI=1S/C11H5BrOS/c12-6-1-2-7-8(3-6)9-4-14-5-10(9)11(7)13/h1-5H. The Morgan fingerprint density at radius 1 is 1.00 bits per heavy atom. The largest absolute Gasteiger partial charge is 0.289 e. The van der Waals surface area contributed by atoms with Crippen molar-refractivity contribution in [2.24, 2.45) is 0 Å². The van der Waals surface area contributed by atoms with E-state index in [9.17, 15) is 4.79 Å². The van der Waals surface area contributed by atoms with Crippen LogP contribution in [0.1, 0.15) is 15.9 Å². The first kappa shape index (κ1) is 8.38. The van der Waals surface area contributed by atoms with E-state index in [4.69, 9.17) is 0 Å². The minimum atomic E-state index is 0.156. The summed E-state index contributed by atoms with van der Waals surface area (Å²) < 4.78 is 1.02. The molecule has 0 fully saturated rings. The molecular weight excluding hydrogens is 260 g/mol. The molecule has 68 valence electrons. The summed E-state index contributed by atoms with van der Waals surface area (Å²) >= 11 is 5.00. The number of hydrogen-bond donors (Lipinski definition) is 0. The van der Waals surface area contributed by atoms with Gasteiger partial charge in [-0.05, 0) is 29.1 Å². The van der Waals surface area contributed by atoms with Gasteiger partial charge in [-0.3, -0.25) is 4.79 Å². The molecule has 1 aromatic carbocycles. The predicted molar refractivity (Wildman–Crippen MR) is 60.9 cm³/mol. The van der Waals surface area contributed by atoms with Gasteiger partial charge in [0.15, 0.2) is 5.78 Å². The number of fused-ring (bicyclic) bond motifs is 3. The molecule has 1 aliphatic rings. The second-order valence-corrected chi connectivity index (χ2v) is 4.88. The van der Waals surface area contributed by atoms with Crippen LogP contribution < -0.4 is 0 Å². The van der Waals surface area contributed by atoms with Crippen LogP contribution in [-0.2, 0) is 0 Å². The summed E-state index contributed by atoms with van der Waals surface area (Å²) in [6.45, 7) is 0. The van der Waals surface area contributed by atoms with Gasteiger partial charge in [0.1, 0.15) is 0 Å². The van der Waals surface area contributed by atoms with Crippen LogP contribution in [0.4, 0.5) is 0 Å². The lowest BCUT2D eigenvalue weighted by Gasteiger charge is -1.97. The molecule has 0 radical (unpaired) electrons. The fourth-order valence-electron chi connectivity index (χ4n) is 1.76. The highest BCUT2D eigenvalue weighted by Crippen LogP contribution is 2.39. The Balaban J connectivity index is 2.40. The summed E-state index contributed by atoms with van der Waals surface area (Å²) in [7, 11) is 0. The highest BCUT2D eigenvalue weighted by molar-refractivity contribution is 9.10. The third-order valence-corrected chi connectivity index (χ3v) is 3.66. The zero-order valence-electron chi connectivity index (χ0n) is 7.08. The average Bonchev–Trinajstić information content (AvgIpc) is 2.71. The molecule has 3 heteroatoms. The van der Waals surface area contributed by atoms with Crippen molar-refractivity contribution in [2.45, 2.75) is 0 Å². The minimum absolute atomic E-state index is 0.156. The Morgan fingerprint density at radius 2 is 1.79 bits per heavy atom. The second-order valence-electron chi connectivity index (χ2n) is 3.22. The van der Waals surface area contributed by atoms with Crippen LogP contribution in [-0.4, -0.2) is 5.78 Å². The molecule has 0 N–H and O–H groups in total. The SMILES string of the molecule is O=C1c2cscc2-c2cc(Br)ccc21. The summed E-state index contributed by atoms with van der Waals surface area (Å²) in [5, 5.41) is 3.96. The molecule has 1 heterocycles. The van der Waals surface area contributed by atoms with Crippen LogP contribution in [0, 0.1) is 0 Å². The van der Waals surface area contributed by atoms with E-state index >= 15 is 0 Å². The maximum atomic E-state index is 11.9. The maximum Gasteiger partial charge on any atom is 0.195 e. The first-order valence-corrected chi connectivity index (χ1v) is 5.92. The summed E-state index contributed by atoms with van der Waals surface area (Å²) in [4.78, 5) is 11.9. The Labute approximate surface area is 93.5 Å². The number of carbonyl (C=O) groups excluding carboxylic acids is 1. The topological polar surface area (TPSA) is 17.1 Å². The number of benzene rings is 1. The number of thiophene rings is 1. The quantitative estimate of drug-likeness (QED) is 0.605. The molecule has 0 saturated carbocycles. The van der Waals surface area contributed by atoms with Crippen LogP contribution >= 0.6 is 27.3 Å². The lowest BCUT2D eigenvalue weighted by Crippen LogP contribution is -1.92. The maximum absolute atomic E-state index is 11.9. The summed E-state index contributed by atoms with van der Waals surface area (Å²) in [6, 6.07) is 5.80. The van der Waals surface area contributed by atoms with Crippen LogP contribution in [0.2, 0.25) is 0 Å². The number of ketones is 1. The molecular formula is C11H5BrOS. The highest BCUT2D eigenvalue weighted by Gasteiger charge is 2.26. The molecule has 0 unspecified atom stereocenters. The van der Waals surface area contributed by atoms with Crippen LogP contribution in [0.15, 0.2) is 33.4 Å². The Bertz CT molecular complexity index is 542. The second kappa shape index (κ2) is 2.78. The van der Waals surface area contributed by atoms with Gasteiger partial charge in [0.05, 0.1) is 0 Å². The van der Waals surface area contributed by atoms with E-state index in [1.807, 2.05) is 29.0 Å². The van der Waals surface area contributed by atoms with Crippen molar-refractivity contribution >= 4 is 33.0 Å². The highest BCUT2D eigenvalue weighted by atomic mass is 79.9. The van der Waals surface area contributed by atoms with Crippen molar-refractivity contribution in [3.8, 4) is 11.1 Å². The van der Waals surface area contributed by atoms with E-state index in [0.29, 0.717) is 0 Å². The molecule has 1 aromatic heterocycles. The van der Waals surface area contributed by atoms with E-state index in [2.05, 4.69) is 15.9 Å². The summed E-state index contributed by atoms with van der Waals surface area (Å²) in [5.41, 5.74) is 3.81. The van der Waals surface area contributed by atoms with Crippen molar-refractivity contribution < 1.29 is 4.79 Å². The van der Waals surface area contributed by atoms with E-state index in [-0.39, 0.29) is 5.78 Å². The number of hydrogen-bond acceptors (Lipinski definition) is 2. The van der Waals surface area contributed by atoms with Crippen molar-refractivity contribution in [3.05, 3.63) is 44.6 Å². The smallest absolute Gasteiger partial charge is 0.195 e. The normalized spacial score (nSPS) is 12.8. The van der Waals surface area contributed by atoms with E-state index in [0.717, 1.165) is 26.7 Å². The van der Waals surface area contributed by atoms with Crippen LogP contribution in [0.25, 0.3) is 11.1 Å². The Morgan fingerprint density at radius 3 is 2.64 bits per heavy atom. The molecule has 1 nitrogen and oxygen atoms in total. The monoisotopic (exact) mass is 264 g/mol. The van der Waals surface area contributed by atoms with Crippen molar-refractivity contribution in [1.29, 1.82) is 0 Å². The van der Waals surface area contributed by atoms with Crippen LogP contribution in [0.5, 0.6) is 0 Å². The number of rotatable bonds is 0. The average molecular weight is 265 g/mol. The molecule has 0 atom stereocenters. The Hall–Kier alpha value is -0.930. The first-order chi connectivity index (χ1) is 6.77. The first-order valence-electron chi connectivity index (χ1n) is 4.18. The zero-order chi connectivity index (χ0) is 9.71. The van der Waals surface area contributed by atoms with E-state index in [1.54, 1.807) is 11.3 Å².